The number of fused-ring (bicyclic) bond motifs is 2. The number of imidazole rings is 1. The zero-order valence-corrected chi connectivity index (χ0v) is 19.5. The van der Waals surface area contributed by atoms with E-state index in [2.05, 4.69) is 35.5 Å². The number of anilines is 1. The summed E-state index contributed by atoms with van der Waals surface area (Å²) in [5.74, 6) is 0.598. The summed E-state index contributed by atoms with van der Waals surface area (Å²) in [5.41, 5.74) is 7.89. The van der Waals surface area contributed by atoms with E-state index in [1.807, 2.05) is 37.3 Å². The lowest BCUT2D eigenvalue weighted by Crippen LogP contribution is -2.18. The van der Waals surface area contributed by atoms with Crippen LogP contribution in [-0.2, 0) is 0 Å². The number of rotatable bonds is 7. The van der Waals surface area contributed by atoms with Gasteiger partial charge in [0.15, 0.2) is 11.5 Å². The van der Waals surface area contributed by atoms with Gasteiger partial charge in [-0.05, 0) is 42.3 Å². The largest absolute Gasteiger partial charge is 0.374 e. The molecule has 0 saturated heterocycles. The molecule has 0 radical (unpaired) electrons. The van der Waals surface area contributed by atoms with Crippen LogP contribution >= 0.6 is 0 Å². The Morgan fingerprint density at radius 2 is 1.75 bits per heavy atom. The topological polar surface area (TPSA) is 141 Å². The molecule has 0 aromatic carbocycles. The third kappa shape index (κ3) is 4.03. The Labute approximate surface area is 205 Å². The molecule has 0 amide bonds. The minimum absolute atomic E-state index is 0.598. The third-order valence-corrected chi connectivity index (χ3v) is 5.95. The first kappa shape index (κ1) is 21.8. The summed E-state index contributed by atoms with van der Waals surface area (Å²) in [7, 11) is 0. The number of hydrogen-bond donors (Lipinski definition) is 4. The lowest BCUT2D eigenvalue weighted by atomic mass is 10.1. The van der Waals surface area contributed by atoms with E-state index in [1.165, 1.54) is 0 Å². The van der Waals surface area contributed by atoms with E-state index in [4.69, 9.17) is 9.97 Å². The molecule has 1 atom stereocenters. The van der Waals surface area contributed by atoms with Gasteiger partial charge in [-0.25, -0.2) is 9.97 Å². The van der Waals surface area contributed by atoms with Crippen LogP contribution < -0.4 is 5.32 Å². The fourth-order valence-corrected chi connectivity index (χ4v) is 4.21. The quantitative estimate of drug-likeness (QED) is 0.245. The first-order chi connectivity index (χ1) is 17.7. The van der Waals surface area contributed by atoms with Crippen molar-refractivity contribution in [3.05, 3.63) is 67.5 Å². The highest BCUT2D eigenvalue weighted by Crippen LogP contribution is 2.31. The summed E-state index contributed by atoms with van der Waals surface area (Å²) in [6, 6.07) is 9.64. The zero-order chi connectivity index (χ0) is 24.5. The van der Waals surface area contributed by atoms with Gasteiger partial charge in [0.2, 0.25) is 0 Å². The fraction of sp³-hybridized carbons (Fsp3) is 0.154. The van der Waals surface area contributed by atoms with Gasteiger partial charge in [-0.3, -0.25) is 20.1 Å². The molecule has 6 aromatic heterocycles. The summed E-state index contributed by atoms with van der Waals surface area (Å²) in [6.07, 6.45) is 11.4. The van der Waals surface area contributed by atoms with E-state index in [0.717, 1.165) is 51.0 Å². The molecule has 1 unspecified atom stereocenters. The van der Waals surface area contributed by atoms with Crippen molar-refractivity contribution in [2.24, 2.45) is 0 Å². The Balaban J connectivity index is 1.40. The molecule has 10 heteroatoms. The number of nitrogens with one attached hydrogen (secondary N) is 3. The predicted octanol–water partition coefficient (Wildman–Crippen LogP) is 4.55. The van der Waals surface area contributed by atoms with Crippen molar-refractivity contribution in [1.29, 1.82) is 0 Å². The molecule has 0 spiro atoms. The maximum atomic E-state index is 10.1. The highest BCUT2D eigenvalue weighted by molar-refractivity contribution is 5.95. The molecule has 0 aliphatic carbocycles. The van der Waals surface area contributed by atoms with E-state index in [9.17, 15) is 5.11 Å². The van der Waals surface area contributed by atoms with Gasteiger partial charge in [0, 0.05) is 35.9 Å². The lowest BCUT2D eigenvalue weighted by Gasteiger charge is -2.13. The van der Waals surface area contributed by atoms with Gasteiger partial charge in [-0.1, -0.05) is 13.3 Å². The number of hydrogen-bond acceptors (Lipinski definition) is 8. The number of pyridine rings is 4. The molecule has 6 rings (SSSR count). The van der Waals surface area contributed by atoms with Crippen LogP contribution in [0.1, 0.15) is 19.8 Å². The van der Waals surface area contributed by atoms with Crippen LogP contribution in [0.3, 0.4) is 0 Å². The standard InChI is InChI=1S/C26H23N9O/c1-2-3-22(36)30-17-10-16(11-28-12-17)19-4-5-20-24(31-19)25(35-34-20)26-32-21-14-29-13-18(23(21)33-26)15-6-8-27-9-7-15/h4-14,22,30,36H,2-3H2,1H3,(H,32,33)(H,34,35). The Morgan fingerprint density at radius 3 is 2.61 bits per heavy atom. The van der Waals surface area contributed by atoms with Crippen LogP contribution in [0.25, 0.3) is 56.0 Å². The molecular formula is C26H23N9O. The minimum atomic E-state index is -0.623. The Hall–Kier alpha value is -4.70. The Kier molecular flexibility index (Phi) is 5.55. The molecule has 0 aliphatic rings. The van der Waals surface area contributed by atoms with Crippen molar-refractivity contribution in [3.63, 3.8) is 0 Å². The average molecular weight is 478 g/mol. The van der Waals surface area contributed by atoms with E-state index in [-0.39, 0.29) is 0 Å². The van der Waals surface area contributed by atoms with Gasteiger partial charge < -0.3 is 15.4 Å². The second-order valence-corrected chi connectivity index (χ2v) is 8.48. The summed E-state index contributed by atoms with van der Waals surface area (Å²) in [5, 5.41) is 20.7. The Morgan fingerprint density at radius 1 is 0.889 bits per heavy atom. The van der Waals surface area contributed by atoms with Crippen molar-refractivity contribution < 1.29 is 5.11 Å². The normalized spacial score (nSPS) is 12.3. The van der Waals surface area contributed by atoms with Crippen molar-refractivity contribution in [1.82, 2.24) is 40.1 Å². The molecule has 4 N–H and O–H groups in total. The molecule has 6 heterocycles. The predicted molar refractivity (Wildman–Crippen MR) is 138 cm³/mol. The number of aromatic amines is 2. The fourth-order valence-electron chi connectivity index (χ4n) is 4.21. The number of aliphatic hydroxyl groups excluding tert-OH is 1. The van der Waals surface area contributed by atoms with Crippen LogP contribution in [0.2, 0.25) is 0 Å². The summed E-state index contributed by atoms with van der Waals surface area (Å²) in [6.45, 7) is 2.03. The molecule has 0 fully saturated rings. The van der Waals surface area contributed by atoms with Gasteiger partial charge in [-0.15, -0.1) is 0 Å². The summed E-state index contributed by atoms with van der Waals surface area (Å²) < 4.78 is 0. The number of aromatic nitrogens is 8. The minimum Gasteiger partial charge on any atom is -0.374 e. The number of H-pyrrole nitrogens is 2. The molecule has 0 bridgehead atoms. The molecule has 0 aliphatic heterocycles. The van der Waals surface area contributed by atoms with Crippen LogP contribution in [0.15, 0.2) is 67.5 Å². The molecule has 178 valence electrons. The maximum Gasteiger partial charge on any atom is 0.161 e. The van der Waals surface area contributed by atoms with E-state index in [0.29, 0.717) is 23.5 Å². The SMILES string of the molecule is CCCC(O)Nc1cncc(-c2ccc3[nH]nc(-c4nc5c(-c6ccncc6)cncc5[nH]4)c3n2)c1. The van der Waals surface area contributed by atoms with Gasteiger partial charge in [0.1, 0.15) is 11.7 Å². The Bertz CT molecular complexity index is 1660. The highest BCUT2D eigenvalue weighted by atomic mass is 16.3. The molecule has 10 nitrogen and oxygen atoms in total. The number of aliphatic hydroxyl groups is 1. The van der Waals surface area contributed by atoms with Crippen LogP contribution in [0.4, 0.5) is 5.69 Å². The van der Waals surface area contributed by atoms with Crippen molar-refractivity contribution in [2.75, 3.05) is 5.32 Å². The van der Waals surface area contributed by atoms with Gasteiger partial charge in [-0.2, -0.15) is 5.10 Å². The third-order valence-electron chi connectivity index (χ3n) is 5.95. The first-order valence-corrected chi connectivity index (χ1v) is 11.7. The second kappa shape index (κ2) is 9.16. The van der Waals surface area contributed by atoms with Crippen molar-refractivity contribution in [2.45, 2.75) is 26.0 Å². The summed E-state index contributed by atoms with van der Waals surface area (Å²) >= 11 is 0. The highest BCUT2D eigenvalue weighted by Gasteiger charge is 2.17. The summed E-state index contributed by atoms with van der Waals surface area (Å²) in [4.78, 5) is 25.9. The second-order valence-electron chi connectivity index (χ2n) is 8.48. The number of nitrogens with zero attached hydrogens (tertiary/aromatic N) is 6. The van der Waals surface area contributed by atoms with Crippen LogP contribution in [0, 0.1) is 0 Å². The zero-order valence-electron chi connectivity index (χ0n) is 19.5. The maximum absolute atomic E-state index is 10.1. The molecular weight excluding hydrogens is 454 g/mol. The molecule has 0 saturated carbocycles. The smallest absolute Gasteiger partial charge is 0.161 e. The van der Waals surface area contributed by atoms with E-state index in [1.54, 1.807) is 37.2 Å². The molecule has 36 heavy (non-hydrogen) atoms. The first-order valence-electron chi connectivity index (χ1n) is 11.7. The lowest BCUT2D eigenvalue weighted by molar-refractivity contribution is 0.192. The monoisotopic (exact) mass is 477 g/mol. The van der Waals surface area contributed by atoms with Gasteiger partial charge >= 0.3 is 0 Å². The van der Waals surface area contributed by atoms with Crippen molar-refractivity contribution in [3.8, 4) is 33.9 Å². The van der Waals surface area contributed by atoms with Gasteiger partial charge in [0.05, 0.1) is 40.3 Å². The van der Waals surface area contributed by atoms with Crippen molar-refractivity contribution >= 4 is 27.8 Å². The van der Waals surface area contributed by atoms with Crippen LogP contribution in [0.5, 0.6) is 0 Å². The van der Waals surface area contributed by atoms with Gasteiger partial charge in [0.25, 0.3) is 0 Å². The van der Waals surface area contributed by atoms with Crippen LogP contribution in [-0.4, -0.2) is 51.4 Å². The van der Waals surface area contributed by atoms with E-state index < -0.39 is 6.23 Å². The molecule has 6 aromatic rings. The van der Waals surface area contributed by atoms with E-state index >= 15 is 0 Å². The average Bonchev–Trinajstić information content (AvgIpc) is 3.53.